The number of carboxylic acids is 1. The van der Waals surface area contributed by atoms with E-state index >= 15 is 0 Å². The summed E-state index contributed by atoms with van der Waals surface area (Å²) >= 11 is 1.32. The van der Waals surface area contributed by atoms with Crippen LogP contribution in [0.3, 0.4) is 0 Å². The van der Waals surface area contributed by atoms with Crippen molar-refractivity contribution in [2.24, 2.45) is 0 Å². The van der Waals surface area contributed by atoms with Crippen LogP contribution in [0.2, 0.25) is 0 Å². The first-order valence-corrected chi connectivity index (χ1v) is 7.04. The van der Waals surface area contributed by atoms with Gasteiger partial charge in [0.1, 0.15) is 6.04 Å². The van der Waals surface area contributed by atoms with Crippen LogP contribution in [0.25, 0.3) is 0 Å². The van der Waals surface area contributed by atoms with E-state index in [1.54, 1.807) is 6.26 Å². The number of thioether (sulfide) groups is 1. The predicted octanol–water partition coefficient (Wildman–Crippen LogP) is 2.18. The highest BCUT2D eigenvalue weighted by atomic mass is 32.2. The van der Waals surface area contributed by atoms with Crippen molar-refractivity contribution < 1.29 is 32.3 Å². The van der Waals surface area contributed by atoms with Crippen molar-refractivity contribution >= 4 is 23.6 Å². The lowest BCUT2D eigenvalue weighted by Gasteiger charge is -2.14. The minimum atomic E-state index is -2.13. The summed E-state index contributed by atoms with van der Waals surface area (Å²) in [4.78, 5) is 22.6. The van der Waals surface area contributed by atoms with E-state index in [2.05, 4.69) is 0 Å². The van der Waals surface area contributed by atoms with Crippen LogP contribution in [0, 0.1) is 23.3 Å². The molecule has 0 fully saturated rings. The summed E-state index contributed by atoms with van der Waals surface area (Å²) in [5, 5.41) is 10.8. The zero-order valence-electron chi connectivity index (χ0n) is 10.8. The third kappa shape index (κ3) is 4.10. The van der Waals surface area contributed by atoms with E-state index in [4.69, 9.17) is 5.11 Å². The molecule has 0 saturated heterocycles. The van der Waals surface area contributed by atoms with E-state index in [9.17, 15) is 27.2 Å². The zero-order valence-corrected chi connectivity index (χ0v) is 11.6. The molecule has 0 heterocycles. The van der Waals surface area contributed by atoms with E-state index in [0.717, 1.165) is 0 Å². The fourth-order valence-corrected chi connectivity index (χ4v) is 1.94. The summed E-state index contributed by atoms with van der Waals surface area (Å²) in [6.45, 7) is 0. The van der Waals surface area contributed by atoms with Crippen molar-refractivity contribution in [1.82, 2.24) is 5.32 Å². The molecule has 1 amide bonds. The maximum absolute atomic E-state index is 13.4. The topological polar surface area (TPSA) is 66.4 Å². The fraction of sp³-hybridized carbons (Fsp3) is 0.333. The Morgan fingerprint density at radius 3 is 2.38 bits per heavy atom. The van der Waals surface area contributed by atoms with E-state index < -0.39 is 46.8 Å². The first kappa shape index (κ1) is 17.3. The van der Waals surface area contributed by atoms with Crippen molar-refractivity contribution in [3.63, 3.8) is 0 Å². The Bertz CT molecular complexity index is 568. The molecule has 0 aromatic heterocycles. The standard InChI is InChI=1S/C12H11F4NO3S/c1-21-3-2-7(12(19)20)17-11(18)5-4-6(13)9(15)10(16)8(5)14/h4,7H,2-3H2,1H3,(H,17,18)(H,19,20)/t7-/m1/s1. The maximum Gasteiger partial charge on any atom is 0.326 e. The minimum absolute atomic E-state index is 0.0377. The lowest BCUT2D eigenvalue weighted by Crippen LogP contribution is -2.41. The smallest absolute Gasteiger partial charge is 0.326 e. The molecule has 1 aromatic carbocycles. The number of amides is 1. The van der Waals surface area contributed by atoms with E-state index in [1.165, 1.54) is 11.8 Å². The Kier molecular flexibility index (Phi) is 6.01. The Morgan fingerprint density at radius 1 is 1.24 bits per heavy atom. The lowest BCUT2D eigenvalue weighted by molar-refractivity contribution is -0.139. The molecule has 4 nitrogen and oxygen atoms in total. The third-order valence-corrected chi connectivity index (χ3v) is 3.21. The molecular formula is C12H11F4NO3S. The second-order valence-corrected chi connectivity index (χ2v) is 4.98. The Balaban J connectivity index is 3.00. The van der Waals surface area contributed by atoms with Gasteiger partial charge in [0.05, 0.1) is 5.56 Å². The largest absolute Gasteiger partial charge is 0.480 e. The molecule has 1 atom stereocenters. The molecule has 0 radical (unpaired) electrons. The number of halogens is 4. The highest BCUT2D eigenvalue weighted by molar-refractivity contribution is 7.98. The third-order valence-electron chi connectivity index (χ3n) is 2.56. The fourth-order valence-electron chi connectivity index (χ4n) is 1.47. The van der Waals surface area contributed by atoms with E-state index in [-0.39, 0.29) is 12.5 Å². The molecule has 2 N–H and O–H groups in total. The van der Waals surface area contributed by atoms with Crippen LogP contribution >= 0.6 is 11.8 Å². The summed E-state index contributed by atoms with van der Waals surface area (Å²) in [5.74, 6) is -10.1. The maximum atomic E-state index is 13.4. The molecule has 0 aliphatic carbocycles. The molecule has 0 spiro atoms. The molecule has 0 unspecified atom stereocenters. The summed E-state index contributed by atoms with van der Waals surface area (Å²) in [6.07, 6.45) is 1.75. The Labute approximate surface area is 121 Å². The van der Waals surface area contributed by atoms with E-state index in [0.29, 0.717) is 5.75 Å². The average Bonchev–Trinajstić information content (AvgIpc) is 2.44. The highest BCUT2D eigenvalue weighted by Crippen LogP contribution is 2.19. The molecule has 1 aromatic rings. The van der Waals surface area contributed by atoms with Crippen LogP contribution in [0.1, 0.15) is 16.8 Å². The van der Waals surface area contributed by atoms with Crippen molar-refractivity contribution in [1.29, 1.82) is 0 Å². The van der Waals surface area contributed by atoms with Crippen LogP contribution in [0.4, 0.5) is 17.6 Å². The molecule has 1 rings (SSSR count). The zero-order chi connectivity index (χ0) is 16.2. The van der Waals surface area contributed by atoms with Gasteiger partial charge >= 0.3 is 5.97 Å². The van der Waals surface area contributed by atoms with Gasteiger partial charge in [0, 0.05) is 0 Å². The van der Waals surface area contributed by atoms with Crippen LogP contribution in [0.15, 0.2) is 6.07 Å². The quantitative estimate of drug-likeness (QED) is 0.478. The van der Waals surface area contributed by atoms with Gasteiger partial charge in [0.15, 0.2) is 23.3 Å². The van der Waals surface area contributed by atoms with E-state index in [1.807, 2.05) is 5.32 Å². The molecule has 0 bridgehead atoms. The highest BCUT2D eigenvalue weighted by Gasteiger charge is 2.26. The second kappa shape index (κ2) is 7.30. The Hall–Kier alpha value is -1.77. The normalized spacial score (nSPS) is 12.0. The SMILES string of the molecule is CSCC[C@@H](NC(=O)c1cc(F)c(F)c(F)c1F)C(=O)O. The van der Waals surface area contributed by atoms with Gasteiger partial charge in [-0.05, 0) is 24.5 Å². The minimum Gasteiger partial charge on any atom is -0.480 e. The molecule has 116 valence electrons. The lowest BCUT2D eigenvalue weighted by atomic mass is 10.1. The number of aliphatic carboxylic acids is 1. The first-order valence-electron chi connectivity index (χ1n) is 5.65. The molecule has 9 heteroatoms. The van der Waals surface area contributed by atoms with Crippen molar-refractivity contribution in [2.75, 3.05) is 12.0 Å². The number of hydrogen-bond acceptors (Lipinski definition) is 3. The number of carbonyl (C=O) groups excluding carboxylic acids is 1. The van der Waals surface area contributed by atoms with Crippen molar-refractivity contribution in [3.8, 4) is 0 Å². The monoisotopic (exact) mass is 325 g/mol. The number of carbonyl (C=O) groups is 2. The van der Waals surface area contributed by atoms with Gasteiger partial charge in [0.25, 0.3) is 5.91 Å². The molecule has 0 saturated carbocycles. The van der Waals surface area contributed by atoms with Gasteiger partial charge in [-0.25, -0.2) is 22.4 Å². The average molecular weight is 325 g/mol. The molecule has 0 aliphatic rings. The van der Waals surface area contributed by atoms with Gasteiger partial charge in [0.2, 0.25) is 0 Å². The molecule has 0 aliphatic heterocycles. The van der Waals surface area contributed by atoms with Gasteiger partial charge < -0.3 is 10.4 Å². The van der Waals surface area contributed by atoms with Crippen molar-refractivity contribution in [3.05, 3.63) is 34.9 Å². The summed E-state index contributed by atoms with van der Waals surface area (Å²) in [7, 11) is 0. The van der Waals surface area contributed by atoms with Gasteiger partial charge in [-0.1, -0.05) is 0 Å². The number of benzene rings is 1. The van der Waals surface area contributed by atoms with Crippen LogP contribution in [-0.4, -0.2) is 35.0 Å². The van der Waals surface area contributed by atoms with Gasteiger partial charge in [-0.3, -0.25) is 4.79 Å². The second-order valence-electron chi connectivity index (χ2n) is 3.99. The van der Waals surface area contributed by atoms with Gasteiger partial charge in [-0.15, -0.1) is 0 Å². The number of carboxylic acid groups (broad SMARTS) is 1. The number of hydrogen-bond donors (Lipinski definition) is 2. The van der Waals surface area contributed by atoms with Crippen LogP contribution in [0.5, 0.6) is 0 Å². The van der Waals surface area contributed by atoms with Crippen LogP contribution < -0.4 is 5.32 Å². The Morgan fingerprint density at radius 2 is 1.86 bits per heavy atom. The summed E-state index contributed by atoms with van der Waals surface area (Å²) in [5.41, 5.74) is -1.10. The van der Waals surface area contributed by atoms with Crippen LogP contribution in [-0.2, 0) is 4.79 Å². The summed E-state index contributed by atoms with van der Waals surface area (Å²) < 4.78 is 52.2. The molecule has 21 heavy (non-hydrogen) atoms. The predicted molar refractivity (Wildman–Crippen MR) is 68.2 cm³/mol. The summed E-state index contributed by atoms with van der Waals surface area (Å²) in [6, 6.07) is -1.17. The molecular weight excluding hydrogens is 314 g/mol. The number of nitrogens with one attached hydrogen (secondary N) is 1. The first-order chi connectivity index (χ1) is 9.79. The number of rotatable bonds is 6. The van der Waals surface area contributed by atoms with Gasteiger partial charge in [-0.2, -0.15) is 11.8 Å². The van der Waals surface area contributed by atoms with Crippen molar-refractivity contribution in [2.45, 2.75) is 12.5 Å².